The Hall–Kier alpha value is -4.25. The lowest BCUT2D eigenvalue weighted by molar-refractivity contribution is -0.156. The van der Waals surface area contributed by atoms with Gasteiger partial charge in [-0.3, -0.25) is 9.59 Å². The van der Waals surface area contributed by atoms with E-state index < -0.39 is 46.7 Å². The predicted molar refractivity (Wildman–Crippen MR) is 155 cm³/mol. The molecule has 7 nitrogen and oxygen atoms in total. The molecule has 11 heteroatoms. The van der Waals surface area contributed by atoms with E-state index in [4.69, 9.17) is 4.74 Å². The number of hydrogen-bond acceptors (Lipinski definition) is 5. The van der Waals surface area contributed by atoms with Crippen LogP contribution in [-0.4, -0.2) is 54.8 Å². The number of halogens is 4. The minimum atomic E-state index is -1.60. The number of carbonyl (C=O) groups excluding carboxylic acids is 2. The van der Waals surface area contributed by atoms with Crippen molar-refractivity contribution >= 4 is 23.4 Å². The maximum Gasteiger partial charge on any atom is 0.249 e. The zero-order chi connectivity index (χ0) is 31.3. The average molecular weight is 599 g/mol. The van der Waals surface area contributed by atoms with Gasteiger partial charge in [-0.1, -0.05) is 44.2 Å². The Labute approximate surface area is 248 Å². The number of hydrogen-bond donors (Lipinski definition) is 0. The van der Waals surface area contributed by atoms with Gasteiger partial charge in [0.25, 0.3) is 0 Å². The lowest BCUT2D eigenvalue weighted by Crippen LogP contribution is -2.47. The summed E-state index contributed by atoms with van der Waals surface area (Å²) >= 11 is 0. The Kier molecular flexibility index (Phi) is 9.85. The lowest BCUT2D eigenvalue weighted by atomic mass is 9.95. The quantitative estimate of drug-likeness (QED) is 0.253. The van der Waals surface area contributed by atoms with E-state index in [1.165, 1.54) is 4.90 Å². The molecule has 1 unspecified atom stereocenters. The molecule has 0 fully saturated rings. The van der Waals surface area contributed by atoms with Gasteiger partial charge in [0, 0.05) is 43.5 Å². The molecule has 0 N–H and O–H groups in total. The highest BCUT2D eigenvalue weighted by atomic mass is 19.1. The van der Waals surface area contributed by atoms with E-state index in [1.54, 1.807) is 63.2 Å². The number of amides is 2. The van der Waals surface area contributed by atoms with Crippen molar-refractivity contribution in [1.82, 2.24) is 9.91 Å². The zero-order valence-electron chi connectivity index (χ0n) is 24.5. The van der Waals surface area contributed by atoms with Crippen molar-refractivity contribution in [3.8, 4) is 0 Å². The van der Waals surface area contributed by atoms with E-state index in [-0.39, 0.29) is 43.0 Å². The van der Waals surface area contributed by atoms with Crippen LogP contribution in [0.4, 0.5) is 23.2 Å². The standard InChI is InChI=1S/C32H34F4N4O3/c1-21(2)31(42)40-32(22-9-6-5-7-10-22,43-30(37-40)25-19-23(33)11-13-26(25)35)16-8-17-39(29(41)15-18-38(3)4)28-20-24(34)12-14-27(28)36/h5-7,9-14,19-21H,8,15-18H2,1-4H3. The Bertz CT molecular complexity index is 1500. The molecule has 0 saturated carbocycles. The minimum absolute atomic E-state index is 0.0216. The first-order valence-corrected chi connectivity index (χ1v) is 14.0. The topological polar surface area (TPSA) is 65.5 Å². The first-order chi connectivity index (χ1) is 20.4. The molecule has 0 aromatic heterocycles. The van der Waals surface area contributed by atoms with E-state index in [9.17, 15) is 27.2 Å². The fourth-order valence-corrected chi connectivity index (χ4v) is 4.82. The normalized spacial score (nSPS) is 16.4. The van der Waals surface area contributed by atoms with Gasteiger partial charge < -0.3 is 14.5 Å². The van der Waals surface area contributed by atoms with Crippen LogP contribution in [0, 0.1) is 29.2 Å². The number of carbonyl (C=O) groups is 2. The van der Waals surface area contributed by atoms with Gasteiger partial charge in [-0.05, 0) is 50.8 Å². The van der Waals surface area contributed by atoms with Crippen molar-refractivity contribution in [3.63, 3.8) is 0 Å². The molecule has 3 aromatic carbocycles. The third-order valence-electron chi connectivity index (χ3n) is 7.06. The van der Waals surface area contributed by atoms with E-state index in [0.29, 0.717) is 12.1 Å². The molecule has 2 amide bonds. The SMILES string of the molecule is CC(C)C(=O)N1N=C(c2cc(F)ccc2F)OC1(CCCN(C(=O)CCN(C)C)c1cc(F)ccc1F)c1ccccc1. The first-order valence-electron chi connectivity index (χ1n) is 14.0. The van der Waals surface area contributed by atoms with Gasteiger partial charge in [-0.15, -0.1) is 5.10 Å². The van der Waals surface area contributed by atoms with Crippen LogP contribution in [0.3, 0.4) is 0 Å². The van der Waals surface area contributed by atoms with Crippen molar-refractivity contribution in [2.24, 2.45) is 11.0 Å². The van der Waals surface area contributed by atoms with Crippen LogP contribution in [0.5, 0.6) is 0 Å². The van der Waals surface area contributed by atoms with E-state index in [2.05, 4.69) is 5.10 Å². The van der Waals surface area contributed by atoms with Crippen LogP contribution in [0.1, 0.15) is 44.2 Å². The second-order valence-electron chi connectivity index (χ2n) is 10.9. The van der Waals surface area contributed by atoms with Gasteiger partial charge >= 0.3 is 0 Å². The zero-order valence-corrected chi connectivity index (χ0v) is 24.5. The van der Waals surface area contributed by atoms with Crippen LogP contribution in [-0.2, 0) is 20.1 Å². The number of nitrogens with zero attached hydrogens (tertiary/aromatic N) is 4. The Morgan fingerprint density at radius 1 is 0.907 bits per heavy atom. The van der Waals surface area contributed by atoms with Gasteiger partial charge in [-0.2, -0.15) is 5.01 Å². The van der Waals surface area contributed by atoms with Crippen LogP contribution in [0.25, 0.3) is 0 Å². The lowest BCUT2D eigenvalue weighted by Gasteiger charge is -2.37. The van der Waals surface area contributed by atoms with Gasteiger partial charge in [0.1, 0.15) is 23.3 Å². The summed E-state index contributed by atoms with van der Waals surface area (Å²) in [6, 6.07) is 14.4. The van der Waals surface area contributed by atoms with E-state index in [0.717, 1.165) is 41.4 Å². The smallest absolute Gasteiger partial charge is 0.249 e. The summed E-state index contributed by atoms with van der Waals surface area (Å²) in [5.41, 5.74) is -1.57. The fourth-order valence-electron chi connectivity index (χ4n) is 4.82. The Morgan fingerprint density at radius 3 is 2.21 bits per heavy atom. The average Bonchev–Trinajstić information content (AvgIpc) is 3.37. The number of ether oxygens (including phenoxy) is 1. The predicted octanol–water partition coefficient (Wildman–Crippen LogP) is 6.04. The van der Waals surface area contributed by atoms with Crippen LogP contribution >= 0.6 is 0 Å². The second kappa shape index (κ2) is 13.4. The van der Waals surface area contributed by atoms with Crippen LogP contribution < -0.4 is 4.90 Å². The maximum atomic E-state index is 14.9. The molecule has 1 aliphatic heterocycles. The Morgan fingerprint density at radius 2 is 1.56 bits per heavy atom. The summed E-state index contributed by atoms with van der Waals surface area (Å²) in [5.74, 6) is -4.67. The summed E-state index contributed by atoms with van der Waals surface area (Å²) in [6.07, 6.45) is 0.204. The molecule has 0 bridgehead atoms. The molecule has 228 valence electrons. The number of rotatable bonds is 11. The summed E-state index contributed by atoms with van der Waals surface area (Å²) in [7, 11) is 3.58. The monoisotopic (exact) mass is 598 g/mol. The molecule has 0 aliphatic carbocycles. The largest absolute Gasteiger partial charge is 0.443 e. The molecule has 3 aromatic rings. The molecule has 43 heavy (non-hydrogen) atoms. The van der Waals surface area contributed by atoms with Gasteiger partial charge in [0.2, 0.25) is 23.4 Å². The van der Waals surface area contributed by atoms with E-state index >= 15 is 0 Å². The molecule has 1 atom stereocenters. The second-order valence-corrected chi connectivity index (χ2v) is 10.9. The molecule has 4 rings (SSSR count). The van der Waals surface area contributed by atoms with Crippen molar-refractivity contribution in [2.45, 2.75) is 38.8 Å². The number of anilines is 1. The molecule has 1 heterocycles. The van der Waals surface area contributed by atoms with Crippen molar-refractivity contribution < 1.29 is 31.9 Å². The summed E-state index contributed by atoms with van der Waals surface area (Å²) in [5, 5.41) is 5.49. The third-order valence-corrected chi connectivity index (χ3v) is 7.06. The highest BCUT2D eigenvalue weighted by Crippen LogP contribution is 2.42. The maximum absolute atomic E-state index is 14.9. The van der Waals surface area contributed by atoms with Gasteiger partial charge in [0.05, 0.1) is 11.3 Å². The number of benzene rings is 3. The van der Waals surface area contributed by atoms with Crippen molar-refractivity contribution in [2.75, 3.05) is 32.1 Å². The molecular formula is C32H34F4N4O3. The van der Waals surface area contributed by atoms with Crippen LogP contribution in [0.2, 0.25) is 0 Å². The molecule has 0 spiro atoms. The van der Waals surface area contributed by atoms with Crippen molar-refractivity contribution in [1.29, 1.82) is 0 Å². The Balaban J connectivity index is 1.73. The van der Waals surface area contributed by atoms with Crippen LogP contribution in [0.15, 0.2) is 71.8 Å². The highest BCUT2D eigenvalue weighted by Gasteiger charge is 2.50. The molecule has 0 radical (unpaired) electrons. The molecule has 1 aliphatic rings. The fraction of sp³-hybridized carbons (Fsp3) is 0.344. The van der Waals surface area contributed by atoms with Gasteiger partial charge in [0.15, 0.2) is 0 Å². The van der Waals surface area contributed by atoms with Crippen molar-refractivity contribution in [3.05, 3.63) is 101 Å². The van der Waals surface area contributed by atoms with E-state index in [1.807, 2.05) is 0 Å². The highest BCUT2D eigenvalue weighted by molar-refractivity contribution is 5.97. The molecular weight excluding hydrogens is 564 g/mol. The first kappa shape index (κ1) is 31.7. The summed E-state index contributed by atoms with van der Waals surface area (Å²) in [4.78, 5) is 29.8. The molecule has 0 saturated heterocycles. The number of hydrazone groups is 1. The summed E-state index contributed by atoms with van der Waals surface area (Å²) in [6.45, 7) is 3.67. The third kappa shape index (κ3) is 7.05. The summed E-state index contributed by atoms with van der Waals surface area (Å²) < 4.78 is 64.4. The minimum Gasteiger partial charge on any atom is -0.443 e. The van der Waals surface area contributed by atoms with Gasteiger partial charge in [-0.25, -0.2) is 17.6 Å².